The summed E-state index contributed by atoms with van der Waals surface area (Å²) in [4.78, 5) is 7.03. The fraction of sp³-hybridized carbons (Fsp3) is 0.650. The first kappa shape index (κ1) is 22.4. The van der Waals surface area contributed by atoms with Crippen LogP contribution in [0.3, 0.4) is 0 Å². The third-order valence-corrected chi connectivity index (χ3v) is 4.16. The van der Waals surface area contributed by atoms with Crippen LogP contribution in [0.1, 0.15) is 25.8 Å². The number of nitrogens with one attached hydrogen (secondary N) is 2. The molecule has 0 aliphatic rings. The van der Waals surface area contributed by atoms with Crippen LogP contribution in [-0.2, 0) is 16.0 Å². The lowest BCUT2D eigenvalue weighted by Crippen LogP contribution is -2.39. The Balaban J connectivity index is 2.29. The Morgan fingerprint density at radius 1 is 1.15 bits per heavy atom. The van der Waals surface area contributed by atoms with Crippen molar-refractivity contribution < 1.29 is 9.47 Å². The number of aliphatic imine (C=N–C) groups is 1. The third-order valence-electron chi connectivity index (χ3n) is 4.16. The molecule has 0 aliphatic carbocycles. The SMILES string of the molecule is CCNC(=NCCC(C)N(C)Cc1ccccc1)NCCOCCOC. The van der Waals surface area contributed by atoms with E-state index in [0.29, 0.717) is 25.9 Å². The van der Waals surface area contributed by atoms with E-state index < -0.39 is 0 Å². The van der Waals surface area contributed by atoms with Gasteiger partial charge in [-0.15, -0.1) is 0 Å². The van der Waals surface area contributed by atoms with Crippen molar-refractivity contribution in [3.63, 3.8) is 0 Å². The van der Waals surface area contributed by atoms with Gasteiger partial charge < -0.3 is 20.1 Å². The van der Waals surface area contributed by atoms with Crippen molar-refractivity contribution in [3.05, 3.63) is 35.9 Å². The standard InChI is InChI=1S/C20H36N4O2/c1-5-21-20(23-13-14-26-16-15-25-4)22-12-11-18(2)24(3)17-19-9-7-6-8-10-19/h6-10,18H,5,11-17H2,1-4H3,(H2,21,22,23). The van der Waals surface area contributed by atoms with Crippen LogP contribution in [0.4, 0.5) is 0 Å². The molecule has 0 saturated carbocycles. The highest BCUT2D eigenvalue weighted by molar-refractivity contribution is 5.79. The molecule has 0 aliphatic heterocycles. The maximum Gasteiger partial charge on any atom is 0.191 e. The Morgan fingerprint density at radius 3 is 2.62 bits per heavy atom. The Hall–Kier alpha value is -1.63. The first-order valence-corrected chi connectivity index (χ1v) is 9.50. The lowest BCUT2D eigenvalue weighted by molar-refractivity contribution is 0.0733. The van der Waals surface area contributed by atoms with Gasteiger partial charge in [0, 0.05) is 39.3 Å². The van der Waals surface area contributed by atoms with Crippen molar-refractivity contribution in [2.45, 2.75) is 32.9 Å². The van der Waals surface area contributed by atoms with Gasteiger partial charge in [0.05, 0.1) is 19.8 Å². The highest BCUT2D eigenvalue weighted by atomic mass is 16.5. The van der Waals surface area contributed by atoms with Crippen molar-refractivity contribution in [2.24, 2.45) is 4.99 Å². The molecule has 1 atom stereocenters. The molecule has 2 N–H and O–H groups in total. The minimum absolute atomic E-state index is 0.471. The number of benzene rings is 1. The summed E-state index contributed by atoms with van der Waals surface area (Å²) in [6.45, 7) is 9.55. The predicted molar refractivity (Wildman–Crippen MR) is 109 cm³/mol. The third kappa shape index (κ3) is 10.4. The summed E-state index contributed by atoms with van der Waals surface area (Å²) >= 11 is 0. The van der Waals surface area contributed by atoms with E-state index in [9.17, 15) is 0 Å². The molecule has 6 nitrogen and oxygen atoms in total. The number of rotatable bonds is 13. The zero-order chi connectivity index (χ0) is 19.0. The Kier molecular flexibility index (Phi) is 12.5. The lowest BCUT2D eigenvalue weighted by atomic mass is 10.1. The van der Waals surface area contributed by atoms with Gasteiger partial charge in [-0.1, -0.05) is 30.3 Å². The van der Waals surface area contributed by atoms with E-state index in [4.69, 9.17) is 9.47 Å². The summed E-state index contributed by atoms with van der Waals surface area (Å²) in [5.41, 5.74) is 1.34. The summed E-state index contributed by atoms with van der Waals surface area (Å²) in [6.07, 6.45) is 1.02. The second-order valence-electron chi connectivity index (χ2n) is 6.33. The molecule has 0 heterocycles. The maximum absolute atomic E-state index is 5.46. The monoisotopic (exact) mass is 364 g/mol. The van der Waals surface area contributed by atoms with Gasteiger partial charge in [-0.3, -0.25) is 9.89 Å². The van der Waals surface area contributed by atoms with Gasteiger partial charge >= 0.3 is 0 Å². The summed E-state index contributed by atoms with van der Waals surface area (Å²) in [5, 5.41) is 6.57. The van der Waals surface area contributed by atoms with Crippen LogP contribution in [-0.4, -0.2) is 70.5 Å². The minimum atomic E-state index is 0.471. The van der Waals surface area contributed by atoms with Crippen LogP contribution in [0.25, 0.3) is 0 Å². The number of ether oxygens (including phenoxy) is 2. The number of hydrogen-bond donors (Lipinski definition) is 2. The summed E-state index contributed by atoms with van der Waals surface area (Å²) in [6, 6.07) is 11.0. The topological polar surface area (TPSA) is 58.1 Å². The van der Waals surface area contributed by atoms with Crippen LogP contribution in [0.15, 0.2) is 35.3 Å². The number of guanidine groups is 1. The van der Waals surface area contributed by atoms with Crippen molar-refractivity contribution in [1.29, 1.82) is 0 Å². The summed E-state index contributed by atoms with van der Waals surface area (Å²) < 4.78 is 10.4. The predicted octanol–water partition coefficient (Wildman–Crippen LogP) is 2.12. The molecule has 6 heteroatoms. The van der Waals surface area contributed by atoms with E-state index in [2.05, 4.69) is 71.8 Å². The average molecular weight is 365 g/mol. The van der Waals surface area contributed by atoms with Crippen molar-refractivity contribution in [2.75, 3.05) is 53.6 Å². The number of methoxy groups -OCH3 is 1. The summed E-state index contributed by atoms with van der Waals surface area (Å²) in [7, 11) is 3.85. The van der Waals surface area contributed by atoms with Gasteiger partial charge in [0.25, 0.3) is 0 Å². The maximum atomic E-state index is 5.46. The largest absolute Gasteiger partial charge is 0.382 e. The molecular weight excluding hydrogens is 328 g/mol. The van der Waals surface area contributed by atoms with Gasteiger partial charge in [0.1, 0.15) is 0 Å². The van der Waals surface area contributed by atoms with E-state index in [1.165, 1.54) is 5.56 Å². The molecule has 1 aromatic rings. The molecule has 0 aromatic heterocycles. The van der Waals surface area contributed by atoms with Crippen LogP contribution < -0.4 is 10.6 Å². The first-order chi connectivity index (χ1) is 12.7. The zero-order valence-corrected chi connectivity index (χ0v) is 16.8. The normalized spacial score (nSPS) is 13.0. The van der Waals surface area contributed by atoms with Gasteiger partial charge in [0.15, 0.2) is 5.96 Å². The molecule has 148 valence electrons. The molecule has 1 unspecified atom stereocenters. The molecular formula is C20H36N4O2. The molecule has 0 bridgehead atoms. The second kappa shape index (κ2) is 14.5. The van der Waals surface area contributed by atoms with E-state index in [1.807, 2.05) is 0 Å². The highest BCUT2D eigenvalue weighted by Gasteiger charge is 2.09. The Bertz CT molecular complexity index is 482. The van der Waals surface area contributed by atoms with E-state index in [-0.39, 0.29) is 0 Å². The van der Waals surface area contributed by atoms with Crippen LogP contribution in [0.2, 0.25) is 0 Å². The van der Waals surface area contributed by atoms with Crippen molar-refractivity contribution in [1.82, 2.24) is 15.5 Å². The molecule has 0 saturated heterocycles. The van der Waals surface area contributed by atoms with E-state index in [1.54, 1.807) is 7.11 Å². The highest BCUT2D eigenvalue weighted by Crippen LogP contribution is 2.08. The molecule has 0 spiro atoms. The van der Waals surface area contributed by atoms with Crippen molar-refractivity contribution in [3.8, 4) is 0 Å². The van der Waals surface area contributed by atoms with Gasteiger partial charge in [-0.05, 0) is 32.9 Å². The van der Waals surface area contributed by atoms with Gasteiger partial charge in [-0.2, -0.15) is 0 Å². The number of nitrogens with zero attached hydrogens (tertiary/aromatic N) is 2. The fourth-order valence-corrected chi connectivity index (χ4v) is 2.44. The van der Waals surface area contributed by atoms with Gasteiger partial charge in [0.2, 0.25) is 0 Å². The number of hydrogen-bond acceptors (Lipinski definition) is 4. The molecule has 0 radical (unpaired) electrons. The molecule has 0 amide bonds. The fourth-order valence-electron chi connectivity index (χ4n) is 2.44. The van der Waals surface area contributed by atoms with Crippen LogP contribution >= 0.6 is 0 Å². The molecule has 0 fully saturated rings. The van der Waals surface area contributed by atoms with E-state index >= 15 is 0 Å². The smallest absolute Gasteiger partial charge is 0.191 e. The quantitative estimate of drug-likeness (QED) is 0.319. The summed E-state index contributed by atoms with van der Waals surface area (Å²) in [5.74, 6) is 0.848. The Labute approximate surface area is 159 Å². The Morgan fingerprint density at radius 2 is 1.92 bits per heavy atom. The average Bonchev–Trinajstić information content (AvgIpc) is 2.65. The van der Waals surface area contributed by atoms with Crippen LogP contribution in [0, 0.1) is 0 Å². The second-order valence-corrected chi connectivity index (χ2v) is 6.33. The molecule has 1 aromatic carbocycles. The zero-order valence-electron chi connectivity index (χ0n) is 16.8. The van der Waals surface area contributed by atoms with E-state index in [0.717, 1.165) is 38.6 Å². The molecule has 1 rings (SSSR count). The minimum Gasteiger partial charge on any atom is -0.382 e. The van der Waals surface area contributed by atoms with Gasteiger partial charge in [-0.25, -0.2) is 0 Å². The lowest BCUT2D eigenvalue weighted by Gasteiger charge is -2.24. The first-order valence-electron chi connectivity index (χ1n) is 9.50. The van der Waals surface area contributed by atoms with Crippen molar-refractivity contribution >= 4 is 5.96 Å². The van der Waals surface area contributed by atoms with Crippen LogP contribution in [0.5, 0.6) is 0 Å². The molecule has 26 heavy (non-hydrogen) atoms.